The number of carboxylic acid groups (broad SMARTS) is 1. The summed E-state index contributed by atoms with van der Waals surface area (Å²) in [5, 5.41) is 14.1. The highest BCUT2D eigenvalue weighted by molar-refractivity contribution is 7.19. The summed E-state index contributed by atoms with van der Waals surface area (Å²) in [5.41, 5.74) is 1.53. The molecule has 3 aromatic rings. The van der Waals surface area contributed by atoms with Crippen LogP contribution < -0.4 is 0 Å². The molecule has 17 heavy (non-hydrogen) atoms. The molecule has 3 rings (SSSR count). The Balaban J connectivity index is 2.24. The minimum atomic E-state index is -1.01. The zero-order valence-electron chi connectivity index (χ0n) is 8.84. The summed E-state index contributed by atoms with van der Waals surface area (Å²) in [6.45, 7) is 1.67. The lowest BCUT2D eigenvalue weighted by Crippen LogP contribution is -2.04. The van der Waals surface area contributed by atoms with Crippen molar-refractivity contribution in [2.45, 2.75) is 6.92 Å². The summed E-state index contributed by atoms with van der Waals surface area (Å²) in [5.74, 6) is -1.01. The van der Waals surface area contributed by atoms with Crippen LogP contribution in [0.15, 0.2) is 18.5 Å². The summed E-state index contributed by atoms with van der Waals surface area (Å²) < 4.78 is 1.38. The SMILES string of the molecule is Cc1nc2sc(-c3cc[nH]c3)nn2c1C(=O)O. The molecular formula is C10H8N4O2S. The molecule has 3 aromatic heterocycles. The van der Waals surface area contributed by atoms with Gasteiger partial charge in [0.25, 0.3) is 0 Å². The normalized spacial score (nSPS) is 11.1. The summed E-state index contributed by atoms with van der Waals surface area (Å²) >= 11 is 1.36. The van der Waals surface area contributed by atoms with Crippen molar-refractivity contribution in [2.24, 2.45) is 0 Å². The van der Waals surface area contributed by atoms with Crippen molar-refractivity contribution in [3.05, 3.63) is 29.8 Å². The van der Waals surface area contributed by atoms with E-state index in [-0.39, 0.29) is 5.69 Å². The van der Waals surface area contributed by atoms with Gasteiger partial charge in [-0.2, -0.15) is 9.61 Å². The molecule has 6 nitrogen and oxygen atoms in total. The second-order valence-electron chi connectivity index (χ2n) is 3.55. The van der Waals surface area contributed by atoms with Crippen LogP contribution in [-0.4, -0.2) is 30.7 Å². The zero-order valence-corrected chi connectivity index (χ0v) is 9.65. The van der Waals surface area contributed by atoms with E-state index in [1.54, 1.807) is 13.1 Å². The highest BCUT2D eigenvalue weighted by Gasteiger charge is 2.19. The maximum Gasteiger partial charge on any atom is 0.356 e. The van der Waals surface area contributed by atoms with Gasteiger partial charge in [-0.05, 0) is 13.0 Å². The Labute approximate surface area is 99.5 Å². The maximum absolute atomic E-state index is 11.1. The lowest BCUT2D eigenvalue weighted by molar-refractivity contribution is 0.0687. The standard InChI is InChI=1S/C10H8N4O2S/c1-5-7(9(15)16)14-10(12-5)17-8(13-14)6-2-3-11-4-6/h2-4,11H,1H3,(H,15,16). The summed E-state index contributed by atoms with van der Waals surface area (Å²) in [6, 6.07) is 1.88. The number of hydrogen-bond acceptors (Lipinski definition) is 4. The molecule has 0 aliphatic rings. The van der Waals surface area contributed by atoms with Crippen molar-refractivity contribution in [1.82, 2.24) is 19.6 Å². The molecular weight excluding hydrogens is 240 g/mol. The van der Waals surface area contributed by atoms with Gasteiger partial charge in [0.2, 0.25) is 4.96 Å². The average molecular weight is 248 g/mol. The number of nitrogens with one attached hydrogen (secondary N) is 1. The van der Waals surface area contributed by atoms with Crippen molar-refractivity contribution >= 4 is 22.3 Å². The largest absolute Gasteiger partial charge is 0.476 e. The van der Waals surface area contributed by atoms with Crippen molar-refractivity contribution in [2.75, 3.05) is 0 Å². The van der Waals surface area contributed by atoms with E-state index in [0.717, 1.165) is 10.6 Å². The monoisotopic (exact) mass is 248 g/mol. The van der Waals surface area contributed by atoms with Crippen LogP contribution in [0.2, 0.25) is 0 Å². The van der Waals surface area contributed by atoms with E-state index in [4.69, 9.17) is 5.11 Å². The van der Waals surface area contributed by atoms with Crippen LogP contribution in [0.3, 0.4) is 0 Å². The Bertz CT molecular complexity index is 695. The number of carboxylic acids is 1. The Hall–Kier alpha value is -2.15. The van der Waals surface area contributed by atoms with Crippen molar-refractivity contribution in [1.29, 1.82) is 0 Å². The number of H-pyrrole nitrogens is 1. The first-order valence-corrected chi connectivity index (χ1v) is 5.71. The van der Waals surface area contributed by atoms with Gasteiger partial charge in [-0.25, -0.2) is 9.78 Å². The minimum Gasteiger partial charge on any atom is -0.476 e. The van der Waals surface area contributed by atoms with E-state index in [0.29, 0.717) is 10.7 Å². The smallest absolute Gasteiger partial charge is 0.356 e. The first kappa shape index (κ1) is 10.0. The van der Waals surface area contributed by atoms with Crippen LogP contribution in [0.5, 0.6) is 0 Å². The number of hydrogen-bond donors (Lipinski definition) is 2. The molecule has 0 aliphatic heterocycles. The minimum absolute atomic E-state index is 0.123. The van der Waals surface area contributed by atoms with Gasteiger partial charge in [-0.1, -0.05) is 11.3 Å². The number of aromatic amines is 1. The lowest BCUT2D eigenvalue weighted by Gasteiger charge is -1.91. The van der Waals surface area contributed by atoms with E-state index in [9.17, 15) is 4.79 Å². The van der Waals surface area contributed by atoms with Crippen LogP contribution in [0.4, 0.5) is 0 Å². The molecule has 0 fully saturated rings. The fraction of sp³-hybridized carbons (Fsp3) is 0.100. The van der Waals surface area contributed by atoms with E-state index in [2.05, 4.69) is 15.1 Å². The predicted molar refractivity (Wildman–Crippen MR) is 62.3 cm³/mol. The third-order valence-electron chi connectivity index (χ3n) is 2.43. The number of nitrogens with zero attached hydrogens (tertiary/aromatic N) is 3. The first-order chi connectivity index (χ1) is 8.16. The molecule has 0 saturated carbocycles. The quantitative estimate of drug-likeness (QED) is 0.724. The van der Waals surface area contributed by atoms with Crippen LogP contribution in [0.25, 0.3) is 15.5 Å². The van der Waals surface area contributed by atoms with E-state index in [1.807, 2.05) is 12.3 Å². The van der Waals surface area contributed by atoms with E-state index < -0.39 is 5.97 Å². The molecule has 0 radical (unpaired) electrons. The van der Waals surface area contributed by atoms with Gasteiger partial charge in [0.05, 0.1) is 5.69 Å². The number of carbonyl (C=O) groups is 1. The summed E-state index contributed by atoms with van der Waals surface area (Å²) in [6.07, 6.45) is 3.61. The maximum atomic E-state index is 11.1. The fourth-order valence-corrected chi connectivity index (χ4v) is 2.61. The van der Waals surface area contributed by atoms with Crippen LogP contribution >= 0.6 is 11.3 Å². The van der Waals surface area contributed by atoms with E-state index in [1.165, 1.54) is 15.9 Å². The molecule has 0 saturated heterocycles. The van der Waals surface area contributed by atoms with Gasteiger partial charge in [0.15, 0.2) is 5.69 Å². The molecule has 0 aliphatic carbocycles. The number of fused-ring (bicyclic) bond motifs is 1. The molecule has 0 unspecified atom stereocenters. The van der Waals surface area contributed by atoms with Crippen molar-refractivity contribution in [3.63, 3.8) is 0 Å². The lowest BCUT2D eigenvalue weighted by atomic mass is 10.3. The number of imidazole rings is 1. The highest BCUT2D eigenvalue weighted by atomic mass is 32.1. The number of rotatable bonds is 2. The topological polar surface area (TPSA) is 83.3 Å². The summed E-state index contributed by atoms with van der Waals surface area (Å²) in [4.78, 5) is 18.8. The van der Waals surface area contributed by atoms with Crippen molar-refractivity contribution in [3.8, 4) is 10.6 Å². The summed E-state index contributed by atoms with van der Waals surface area (Å²) in [7, 11) is 0. The molecule has 0 bridgehead atoms. The van der Waals surface area contributed by atoms with Gasteiger partial charge in [0.1, 0.15) is 5.01 Å². The van der Waals surface area contributed by atoms with Gasteiger partial charge in [-0.15, -0.1) is 0 Å². The van der Waals surface area contributed by atoms with Crippen LogP contribution in [-0.2, 0) is 0 Å². The van der Waals surface area contributed by atoms with Crippen LogP contribution in [0, 0.1) is 6.92 Å². The third kappa shape index (κ3) is 1.43. The molecule has 0 spiro atoms. The molecule has 0 amide bonds. The molecule has 0 aromatic carbocycles. The molecule has 86 valence electrons. The second-order valence-corrected chi connectivity index (χ2v) is 4.51. The average Bonchev–Trinajstić information content (AvgIpc) is 2.88. The number of aromatic nitrogens is 4. The molecule has 0 atom stereocenters. The van der Waals surface area contributed by atoms with Gasteiger partial charge in [0, 0.05) is 18.0 Å². The third-order valence-corrected chi connectivity index (χ3v) is 3.38. The van der Waals surface area contributed by atoms with Crippen molar-refractivity contribution < 1.29 is 9.90 Å². The Morgan fingerprint density at radius 1 is 1.59 bits per heavy atom. The second kappa shape index (κ2) is 3.42. The van der Waals surface area contributed by atoms with Gasteiger partial charge >= 0.3 is 5.97 Å². The molecule has 3 heterocycles. The zero-order chi connectivity index (χ0) is 12.0. The molecule has 2 N–H and O–H groups in total. The Morgan fingerprint density at radius 3 is 3.06 bits per heavy atom. The Kier molecular flexibility index (Phi) is 2.02. The predicted octanol–water partition coefficient (Wildman–Crippen LogP) is 1.79. The molecule has 7 heteroatoms. The first-order valence-electron chi connectivity index (χ1n) is 4.89. The Morgan fingerprint density at radius 2 is 2.41 bits per heavy atom. The van der Waals surface area contributed by atoms with Gasteiger partial charge < -0.3 is 10.1 Å². The fourth-order valence-electron chi connectivity index (χ4n) is 1.67. The number of aryl methyl sites for hydroxylation is 1. The van der Waals surface area contributed by atoms with E-state index >= 15 is 0 Å². The van der Waals surface area contributed by atoms with Crippen LogP contribution in [0.1, 0.15) is 16.2 Å². The van der Waals surface area contributed by atoms with Gasteiger partial charge in [-0.3, -0.25) is 0 Å². The highest BCUT2D eigenvalue weighted by Crippen LogP contribution is 2.26. The number of aromatic carboxylic acids is 1.